The number of fused-ring (bicyclic) bond motifs is 1. The van der Waals surface area contributed by atoms with Crippen LogP contribution in [0.2, 0.25) is 0 Å². The molecule has 8 nitrogen and oxygen atoms in total. The Hall–Kier alpha value is -3.36. The highest BCUT2D eigenvalue weighted by Gasteiger charge is 2.44. The molecular formula is C29H30F3IN4O4. The topological polar surface area (TPSA) is 114 Å². The Bertz CT molecular complexity index is 1430. The molecule has 2 heterocycles. The number of amides is 1. The lowest BCUT2D eigenvalue weighted by atomic mass is 9.92. The third kappa shape index (κ3) is 7.49. The maximum atomic E-state index is 14.7. The van der Waals surface area contributed by atoms with E-state index in [9.17, 15) is 23.1 Å². The quantitative estimate of drug-likeness (QED) is 0.170. The van der Waals surface area contributed by atoms with Gasteiger partial charge in [0.15, 0.2) is 11.6 Å². The largest absolute Gasteiger partial charge is 0.481 e. The smallest absolute Gasteiger partial charge is 0.300 e. The highest BCUT2D eigenvalue weighted by Crippen LogP contribution is 2.34. The average Bonchev–Trinajstić information content (AvgIpc) is 3.31. The van der Waals surface area contributed by atoms with E-state index in [1.165, 1.54) is 22.6 Å². The molecular weight excluding hydrogens is 652 g/mol. The molecule has 12 heteroatoms. The molecule has 1 fully saturated rings. The van der Waals surface area contributed by atoms with Crippen molar-refractivity contribution in [3.8, 4) is 0 Å². The number of carbonyl (C=O) groups is 2. The first-order valence-corrected chi connectivity index (χ1v) is 14.0. The Morgan fingerprint density at radius 1 is 1.10 bits per heavy atom. The summed E-state index contributed by atoms with van der Waals surface area (Å²) >= 11 is 1.93. The molecule has 0 spiro atoms. The van der Waals surface area contributed by atoms with Crippen molar-refractivity contribution in [3.05, 3.63) is 86.7 Å². The van der Waals surface area contributed by atoms with Crippen LogP contribution in [0.1, 0.15) is 35.2 Å². The van der Waals surface area contributed by atoms with E-state index in [4.69, 9.17) is 9.90 Å². The molecule has 2 aliphatic rings. The molecule has 2 aliphatic heterocycles. The Balaban J connectivity index is 0.000000909. The zero-order valence-electron chi connectivity index (χ0n) is 22.2. The van der Waals surface area contributed by atoms with E-state index < -0.39 is 40.6 Å². The van der Waals surface area contributed by atoms with Crippen molar-refractivity contribution in [3.63, 3.8) is 0 Å². The van der Waals surface area contributed by atoms with Crippen LogP contribution in [0.15, 0.2) is 54.6 Å². The Kier molecular flexibility index (Phi) is 9.76. The van der Waals surface area contributed by atoms with Gasteiger partial charge in [0.2, 0.25) is 0 Å². The number of para-hydroxylation sites is 1. The summed E-state index contributed by atoms with van der Waals surface area (Å²) < 4.78 is 43.6. The predicted octanol–water partition coefficient (Wildman–Crippen LogP) is 4.92. The number of carboxylic acids is 1. The van der Waals surface area contributed by atoms with E-state index in [1.807, 2.05) is 34.7 Å². The minimum Gasteiger partial charge on any atom is -0.481 e. The first-order valence-electron chi connectivity index (χ1n) is 12.9. The maximum Gasteiger partial charge on any atom is 0.300 e. The highest BCUT2D eigenvalue weighted by molar-refractivity contribution is 14.1. The van der Waals surface area contributed by atoms with Crippen molar-refractivity contribution in [1.29, 1.82) is 0 Å². The molecule has 5 rings (SSSR count). The van der Waals surface area contributed by atoms with Crippen LogP contribution in [-0.4, -0.2) is 65.3 Å². The van der Waals surface area contributed by atoms with Crippen molar-refractivity contribution in [2.45, 2.75) is 24.9 Å². The molecule has 1 amide bonds. The number of hydrogen-bond acceptors (Lipinski definition) is 6. The summed E-state index contributed by atoms with van der Waals surface area (Å²) in [5.41, 5.74) is 0.682. The monoisotopic (exact) mass is 682 g/mol. The first-order chi connectivity index (χ1) is 19.5. The van der Waals surface area contributed by atoms with Crippen molar-refractivity contribution in [2.75, 3.05) is 43.4 Å². The van der Waals surface area contributed by atoms with Gasteiger partial charge in [0.05, 0.1) is 30.0 Å². The lowest BCUT2D eigenvalue weighted by molar-refractivity contribution is -0.134. The summed E-state index contributed by atoms with van der Waals surface area (Å²) in [6.45, 7) is 3.06. The zero-order valence-corrected chi connectivity index (χ0v) is 24.3. The van der Waals surface area contributed by atoms with Crippen molar-refractivity contribution >= 4 is 51.5 Å². The summed E-state index contributed by atoms with van der Waals surface area (Å²) in [7, 11) is 0. The second-order valence-corrected chi connectivity index (χ2v) is 11.3. The number of rotatable bonds is 8. The van der Waals surface area contributed by atoms with Crippen LogP contribution in [0.5, 0.6) is 0 Å². The molecule has 0 aromatic heterocycles. The van der Waals surface area contributed by atoms with E-state index in [-0.39, 0.29) is 24.3 Å². The number of aliphatic carboxylic acids is 1. The molecule has 0 radical (unpaired) electrons. The Morgan fingerprint density at radius 3 is 2.51 bits per heavy atom. The van der Waals surface area contributed by atoms with Gasteiger partial charge in [0, 0.05) is 35.2 Å². The Labute approximate surface area is 249 Å². The summed E-state index contributed by atoms with van der Waals surface area (Å²) in [5.74, 6) is -4.10. The molecule has 218 valence electrons. The number of aliphatic hydroxyl groups is 1. The lowest BCUT2D eigenvalue weighted by Crippen LogP contribution is -2.67. The van der Waals surface area contributed by atoms with Crippen molar-refractivity contribution in [1.82, 2.24) is 10.2 Å². The number of halogens is 4. The molecule has 3 aromatic rings. The average molecular weight is 682 g/mol. The van der Waals surface area contributed by atoms with E-state index >= 15 is 0 Å². The van der Waals surface area contributed by atoms with E-state index in [0.717, 1.165) is 37.7 Å². The van der Waals surface area contributed by atoms with Crippen LogP contribution >= 0.6 is 22.6 Å². The molecule has 0 saturated carbocycles. The number of likely N-dealkylation sites (tertiary alicyclic amines) is 1. The fourth-order valence-corrected chi connectivity index (χ4v) is 5.33. The number of β-amino-alcohol motifs (C(OH)–C–C–N with tert-alkyl or cyclic N) is 1. The fourth-order valence-electron chi connectivity index (χ4n) is 4.88. The molecule has 1 atom stereocenters. The van der Waals surface area contributed by atoms with Gasteiger partial charge in [-0.25, -0.2) is 13.2 Å². The van der Waals surface area contributed by atoms with Gasteiger partial charge in [0.1, 0.15) is 11.4 Å². The zero-order chi connectivity index (χ0) is 29.7. The molecule has 5 N–H and O–H groups in total. The van der Waals surface area contributed by atoms with Crippen molar-refractivity contribution in [2.24, 2.45) is 0 Å². The summed E-state index contributed by atoms with van der Waals surface area (Å²) in [6.07, 6.45) is 0.904. The van der Waals surface area contributed by atoms with E-state index in [0.29, 0.717) is 22.6 Å². The normalized spacial score (nSPS) is 16.5. The summed E-state index contributed by atoms with van der Waals surface area (Å²) in [6, 6.07) is 14.5. The number of anilines is 3. The number of nitrogens with zero attached hydrogens (tertiary/aromatic N) is 1. The number of nitrogens with one attached hydrogen (secondary N) is 3. The van der Waals surface area contributed by atoms with Crippen LogP contribution in [-0.2, 0) is 4.79 Å². The highest BCUT2D eigenvalue weighted by atomic mass is 127. The molecule has 0 aliphatic carbocycles. The van der Waals surface area contributed by atoms with Crippen LogP contribution in [0.3, 0.4) is 0 Å². The number of hydrogen-bond donors (Lipinski definition) is 5. The summed E-state index contributed by atoms with van der Waals surface area (Å²) in [4.78, 5) is 23.5. The van der Waals surface area contributed by atoms with Gasteiger partial charge >= 0.3 is 0 Å². The van der Waals surface area contributed by atoms with Crippen LogP contribution in [0.25, 0.3) is 0 Å². The number of carbonyl (C=O) groups excluding carboxylic acids is 1. The van der Waals surface area contributed by atoms with Crippen LogP contribution in [0.4, 0.5) is 30.2 Å². The third-order valence-electron chi connectivity index (χ3n) is 6.84. The van der Waals surface area contributed by atoms with E-state index in [1.54, 1.807) is 6.07 Å². The lowest BCUT2D eigenvalue weighted by Gasteiger charge is -2.46. The summed E-state index contributed by atoms with van der Waals surface area (Å²) in [5, 5.41) is 27.5. The molecule has 3 aromatic carbocycles. The van der Waals surface area contributed by atoms with Gasteiger partial charge in [-0.2, -0.15) is 0 Å². The van der Waals surface area contributed by atoms with Crippen LogP contribution < -0.4 is 16.0 Å². The molecule has 1 unspecified atom stereocenters. The molecule has 41 heavy (non-hydrogen) atoms. The van der Waals surface area contributed by atoms with Crippen LogP contribution in [0, 0.1) is 21.0 Å². The second-order valence-electron chi connectivity index (χ2n) is 10.1. The predicted molar refractivity (Wildman–Crippen MR) is 158 cm³/mol. The van der Waals surface area contributed by atoms with Gasteiger partial charge in [-0.15, -0.1) is 0 Å². The number of benzene rings is 3. The Morgan fingerprint density at radius 2 is 1.80 bits per heavy atom. The van der Waals surface area contributed by atoms with Gasteiger partial charge in [0.25, 0.3) is 11.9 Å². The molecule has 1 saturated heterocycles. The third-order valence-corrected chi connectivity index (χ3v) is 7.51. The number of carboxylic acid groups (broad SMARTS) is 1. The SMILES string of the molecule is CC(=O)O.O=C(c1ccc(F)c(F)c1Nc1ccc(I)cc1F)N1CC(O)(CNCCC2CNc3ccccc32)C1. The van der Waals surface area contributed by atoms with Crippen molar-refractivity contribution < 1.29 is 33.0 Å². The van der Waals surface area contributed by atoms with Gasteiger partial charge in [-0.05, 0) is 77.5 Å². The second kappa shape index (κ2) is 13.1. The molecule has 0 bridgehead atoms. The first kappa shape index (κ1) is 30.6. The fraction of sp³-hybridized carbons (Fsp3) is 0.310. The standard InChI is InChI=1S/C27H26F3IN4O2.C2H4O2/c28-20-7-6-19(25(24(20)30)34-23-8-5-17(31)11-21(23)29)26(36)35-14-27(37,15-35)13-32-10-9-16-12-33-22-4-2-1-3-18(16)22;1-2(3)4/h1-8,11,16,32-34,37H,9-10,12-15H2;1H3,(H,3,4). The van der Waals surface area contributed by atoms with Gasteiger partial charge < -0.3 is 31.1 Å². The maximum absolute atomic E-state index is 14.7. The van der Waals surface area contributed by atoms with Gasteiger partial charge in [-0.3, -0.25) is 9.59 Å². The minimum atomic E-state index is -1.27. The van der Waals surface area contributed by atoms with E-state index in [2.05, 4.69) is 28.1 Å². The minimum absolute atomic E-state index is 0.0446. The van der Waals surface area contributed by atoms with Gasteiger partial charge in [-0.1, -0.05) is 18.2 Å².